The van der Waals surface area contributed by atoms with E-state index >= 15 is 0 Å². The van der Waals surface area contributed by atoms with Crippen molar-refractivity contribution in [1.82, 2.24) is 15.3 Å². The Balaban J connectivity index is 1.29. The third-order valence-corrected chi connectivity index (χ3v) is 6.16. The molecule has 2 aliphatic carbocycles. The van der Waals surface area contributed by atoms with Gasteiger partial charge in [0.2, 0.25) is 5.88 Å². The molecule has 142 valence electrons. The van der Waals surface area contributed by atoms with Gasteiger partial charge in [0, 0.05) is 11.0 Å². The summed E-state index contributed by atoms with van der Waals surface area (Å²) < 4.78 is 11.9. The fourth-order valence-corrected chi connectivity index (χ4v) is 4.15. The van der Waals surface area contributed by atoms with Crippen LogP contribution in [0, 0.1) is 6.92 Å². The average molecular weight is 378 g/mol. The van der Waals surface area contributed by atoms with Gasteiger partial charge in [0.25, 0.3) is 5.91 Å². The number of anilines is 1. The third kappa shape index (κ3) is 2.05. The molecular weight excluding hydrogens is 360 g/mol. The predicted octanol–water partition coefficient (Wildman–Crippen LogP) is 2.59. The molecule has 2 saturated carbocycles. The van der Waals surface area contributed by atoms with Crippen molar-refractivity contribution in [2.24, 2.45) is 0 Å². The van der Waals surface area contributed by atoms with E-state index in [1.54, 1.807) is 0 Å². The standard InChI is InChI=1S/C20H18N4O4/c1-11-2-3-12(15-16(11)27-10-19(15)4-5-19)28-14-9-21-13(8-22-14)24-17(25)20(6-7-20)23-18(24)26/h2-3,8-9H,4-7,10H2,1H3,(H,23,26). The van der Waals surface area contributed by atoms with Gasteiger partial charge in [0.15, 0.2) is 5.82 Å². The summed E-state index contributed by atoms with van der Waals surface area (Å²) in [7, 11) is 0. The number of urea groups is 1. The first kappa shape index (κ1) is 15.9. The van der Waals surface area contributed by atoms with Gasteiger partial charge in [-0.3, -0.25) is 4.79 Å². The number of hydrogen-bond acceptors (Lipinski definition) is 6. The number of amides is 3. The second-order valence-electron chi connectivity index (χ2n) is 8.12. The molecule has 0 atom stereocenters. The van der Waals surface area contributed by atoms with E-state index in [0.29, 0.717) is 25.3 Å². The molecule has 2 spiro atoms. The number of nitrogens with zero attached hydrogens (tertiary/aromatic N) is 3. The number of benzene rings is 1. The van der Waals surface area contributed by atoms with Gasteiger partial charge in [-0.05, 0) is 44.2 Å². The Bertz CT molecular complexity index is 1040. The summed E-state index contributed by atoms with van der Waals surface area (Å²) in [4.78, 5) is 34.1. The SMILES string of the molecule is Cc1ccc(Oc2cnc(N3C(=O)NC4(CC4)C3=O)cn2)c2c1OCC21CC1. The maximum atomic E-state index is 12.4. The molecule has 4 aliphatic rings. The van der Waals surface area contributed by atoms with Gasteiger partial charge in [-0.15, -0.1) is 0 Å². The van der Waals surface area contributed by atoms with Crippen molar-refractivity contribution >= 4 is 17.8 Å². The molecule has 2 aromatic rings. The predicted molar refractivity (Wildman–Crippen MR) is 97.7 cm³/mol. The zero-order chi connectivity index (χ0) is 19.1. The Morgan fingerprint density at radius 3 is 2.61 bits per heavy atom. The zero-order valence-electron chi connectivity index (χ0n) is 15.3. The monoisotopic (exact) mass is 378 g/mol. The molecule has 0 bridgehead atoms. The molecule has 1 aromatic heterocycles. The first-order valence-electron chi connectivity index (χ1n) is 9.45. The summed E-state index contributed by atoms with van der Waals surface area (Å²) >= 11 is 0. The summed E-state index contributed by atoms with van der Waals surface area (Å²) in [5, 5.41) is 2.73. The molecule has 6 rings (SSSR count). The van der Waals surface area contributed by atoms with Crippen LogP contribution in [0.1, 0.15) is 36.8 Å². The summed E-state index contributed by atoms with van der Waals surface area (Å²) in [6, 6.07) is 3.46. The largest absolute Gasteiger partial charge is 0.492 e. The Morgan fingerprint density at radius 2 is 1.96 bits per heavy atom. The van der Waals surface area contributed by atoms with Crippen LogP contribution in [0.25, 0.3) is 0 Å². The minimum absolute atomic E-state index is 0.0721. The number of rotatable bonds is 3. The molecule has 0 unspecified atom stereocenters. The number of imide groups is 1. The van der Waals surface area contributed by atoms with E-state index in [1.807, 2.05) is 19.1 Å². The zero-order valence-corrected chi connectivity index (χ0v) is 15.3. The van der Waals surface area contributed by atoms with Crippen LogP contribution in [0.15, 0.2) is 24.5 Å². The van der Waals surface area contributed by atoms with Gasteiger partial charge >= 0.3 is 6.03 Å². The number of aryl methyl sites for hydroxylation is 1. The van der Waals surface area contributed by atoms with Crippen LogP contribution in [-0.2, 0) is 10.2 Å². The van der Waals surface area contributed by atoms with Gasteiger partial charge in [0.1, 0.15) is 17.0 Å². The van der Waals surface area contributed by atoms with E-state index in [2.05, 4.69) is 15.3 Å². The maximum absolute atomic E-state index is 12.4. The molecule has 3 heterocycles. The van der Waals surface area contributed by atoms with Gasteiger partial charge in [-0.2, -0.15) is 0 Å². The van der Waals surface area contributed by atoms with E-state index < -0.39 is 11.6 Å². The molecule has 3 fully saturated rings. The van der Waals surface area contributed by atoms with E-state index in [0.717, 1.165) is 40.4 Å². The minimum Gasteiger partial charge on any atom is -0.492 e. The van der Waals surface area contributed by atoms with Gasteiger partial charge in [0.05, 0.1) is 19.0 Å². The summed E-state index contributed by atoms with van der Waals surface area (Å²) in [5.74, 6) is 1.89. The van der Waals surface area contributed by atoms with Gasteiger partial charge < -0.3 is 14.8 Å². The normalized spacial score (nSPS) is 22.2. The van der Waals surface area contributed by atoms with Crippen molar-refractivity contribution < 1.29 is 19.1 Å². The van der Waals surface area contributed by atoms with Gasteiger partial charge in [-0.1, -0.05) is 6.07 Å². The number of hydrogen-bond donors (Lipinski definition) is 1. The minimum atomic E-state index is -0.713. The molecule has 1 N–H and O–H groups in total. The Hall–Kier alpha value is -3.16. The lowest BCUT2D eigenvalue weighted by atomic mass is 9.95. The van der Waals surface area contributed by atoms with Crippen LogP contribution < -0.4 is 19.7 Å². The molecular formula is C20H18N4O4. The van der Waals surface area contributed by atoms with Crippen molar-refractivity contribution in [1.29, 1.82) is 0 Å². The fraction of sp³-hybridized carbons (Fsp3) is 0.400. The van der Waals surface area contributed by atoms with Gasteiger partial charge in [-0.25, -0.2) is 19.7 Å². The first-order valence-corrected chi connectivity index (χ1v) is 9.45. The van der Waals surface area contributed by atoms with Crippen molar-refractivity contribution in [2.75, 3.05) is 11.5 Å². The molecule has 8 heteroatoms. The highest BCUT2D eigenvalue weighted by Gasteiger charge is 2.60. The molecule has 28 heavy (non-hydrogen) atoms. The van der Waals surface area contributed by atoms with E-state index in [1.165, 1.54) is 12.4 Å². The molecule has 2 aliphatic heterocycles. The van der Waals surface area contributed by atoms with Crippen molar-refractivity contribution in [3.05, 3.63) is 35.7 Å². The Labute approximate surface area is 160 Å². The van der Waals surface area contributed by atoms with Crippen LogP contribution >= 0.6 is 0 Å². The Morgan fingerprint density at radius 1 is 1.14 bits per heavy atom. The lowest BCUT2D eigenvalue weighted by Gasteiger charge is -2.14. The van der Waals surface area contributed by atoms with Crippen LogP contribution in [0.5, 0.6) is 17.4 Å². The fourth-order valence-electron chi connectivity index (χ4n) is 4.15. The molecule has 0 radical (unpaired) electrons. The average Bonchev–Trinajstić information content (AvgIpc) is 3.56. The van der Waals surface area contributed by atoms with Crippen molar-refractivity contribution in [3.8, 4) is 17.4 Å². The third-order valence-electron chi connectivity index (χ3n) is 6.16. The molecule has 8 nitrogen and oxygen atoms in total. The van der Waals surface area contributed by atoms with Crippen LogP contribution in [-0.4, -0.2) is 34.1 Å². The molecule has 3 amide bonds. The number of aromatic nitrogens is 2. The summed E-state index contributed by atoms with van der Waals surface area (Å²) in [6.07, 6.45) is 6.37. The van der Waals surface area contributed by atoms with Crippen LogP contribution in [0.3, 0.4) is 0 Å². The second-order valence-corrected chi connectivity index (χ2v) is 8.12. The van der Waals surface area contributed by atoms with E-state index in [-0.39, 0.29) is 17.1 Å². The lowest BCUT2D eigenvalue weighted by Crippen LogP contribution is -2.33. The number of carbonyl (C=O) groups is 2. The highest BCUT2D eigenvalue weighted by atomic mass is 16.5. The van der Waals surface area contributed by atoms with Crippen molar-refractivity contribution in [3.63, 3.8) is 0 Å². The molecule has 1 aromatic carbocycles. The first-order chi connectivity index (χ1) is 13.5. The second kappa shape index (κ2) is 5.01. The van der Waals surface area contributed by atoms with E-state index in [9.17, 15) is 9.59 Å². The number of carbonyl (C=O) groups excluding carboxylic acids is 2. The van der Waals surface area contributed by atoms with Crippen LogP contribution in [0.2, 0.25) is 0 Å². The summed E-state index contributed by atoms with van der Waals surface area (Å²) in [5.41, 5.74) is 1.57. The highest BCUT2D eigenvalue weighted by Crippen LogP contribution is 2.59. The number of nitrogens with one attached hydrogen (secondary N) is 1. The molecule has 1 saturated heterocycles. The van der Waals surface area contributed by atoms with E-state index in [4.69, 9.17) is 9.47 Å². The quantitative estimate of drug-likeness (QED) is 0.825. The highest BCUT2D eigenvalue weighted by molar-refractivity contribution is 6.24. The topological polar surface area (TPSA) is 93.7 Å². The van der Waals surface area contributed by atoms with Crippen molar-refractivity contribution in [2.45, 2.75) is 43.6 Å². The number of ether oxygens (including phenoxy) is 2. The van der Waals surface area contributed by atoms with Crippen LogP contribution in [0.4, 0.5) is 10.6 Å². The maximum Gasteiger partial charge on any atom is 0.330 e. The Kier molecular flexibility index (Phi) is 2.83. The number of fused-ring (bicyclic) bond motifs is 2. The summed E-state index contributed by atoms with van der Waals surface area (Å²) in [6.45, 7) is 2.73. The smallest absolute Gasteiger partial charge is 0.330 e. The lowest BCUT2D eigenvalue weighted by molar-refractivity contribution is -0.119.